The van der Waals surface area contributed by atoms with Crippen molar-refractivity contribution in [1.29, 1.82) is 0 Å². The SMILES string of the molecule is CCN(CCCO)S(=O)(=O)CCC(C)(C)C. The van der Waals surface area contributed by atoms with Crippen molar-refractivity contribution in [1.82, 2.24) is 4.31 Å². The van der Waals surface area contributed by atoms with Crippen LogP contribution in [-0.2, 0) is 10.0 Å². The van der Waals surface area contributed by atoms with Gasteiger partial charge in [-0.2, -0.15) is 0 Å². The van der Waals surface area contributed by atoms with Gasteiger partial charge in [-0.3, -0.25) is 0 Å². The van der Waals surface area contributed by atoms with E-state index in [2.05, 4.69) is 0 Å². The minimum absolute atomic E-state index is 0.0312. The minimum atomic E-state index is -3.16. The second-order valence-electron chi connectivity index (χ2n) is 5.20. The molecule has 98 valence electrons. The fraction of sp³-hybridized carbons (Fsp3) is 1.00. The number of nitrogens with zero attached hydrogens (tertiary/aromatic N) is 1. The number of rotatable bonds is 7. The van der Waals surface area contributed by atoms with Crippen LogP contribution >= 0.6 is 0 Å². The molecule has 0 unspecified atom stereocenters. The highest BCUT2D eigenvalue weighted by atomic mass is 32.2. The van der Waals surface area contributed by atoms with Gasteiger partial charge in [-0.1, -0.05) is 27.7 Å². The van der Waals surface area contributed by atoms with Gasteiger partial charge in [-0.05, 0) is 18.3 Å². The van der Waals surface area contributed by atoms with Gasteiger partial charge in [0.1, 0.15) is 0 Å². The van der Waals surface area contributed by atoms with E-state index in [-0.39, 0.29) is 17.8 Å². The van der Waals surface area contributed by atoms with Gasteiger partial charge in [-0.25, -0.2) is 12.7 Å². The third-order valence-electron chi connectivity index (χ3n) is 2.42. The van der Waals surface area contributed by atoms with Crippen LogP contribution in [0.1, 0.15) is 40.5 Å². The van der Waals surface area contributed by atoms with Crippen molar-refractivity contribution < 1.29 is 13.5 Å². The molecule has 0 atom stereocenters. The van der Waals surface area contributed by atoms with Gasteiger partial charge < -0.3 is 5.11 Å². The summed E-state index contributed by atoms with van der Waals surface area (Å²) in [5.41, 5.74) is 0.0312. The fourth-order valence-electron chi connectivity index (χ4n) is 1.31. The highest BCUT2D eigenvalue weighted by Gasteiger charge is 2.22. The molecule has 0 heterocycles. The summed E-state index contributed by atoms with van der Waals surface area (Å²) < 4.78 is 25.4. The number of hydrogen-bond acceptors (Lipinski definition) is 3. The molecular weight excluding hydrogens is 226 g/mol. The summed E-state index contributed by atoms with van der Waals surface area (Å²) >= 11 is 0. The maximum absolute atomic E-state index is 12.0. The Morgan fingerprint density at radius 1 is 1.25 bits per heavy atom. The molecule has 0 aromatic heterocycles. The molecule has 0 radical (unpaired) electrons. The highest BCUT2D eigenvalue weighted by molar-refractivity contribution is 7.89. The van der Waals surface area contributed by atoms with E-state index >= 15 is 0 Å². The Hall–Kier alpha value is -0.130. The number of aliphatic hydroxyl groups excluding tert-OH is 1. The van der Waals surface area contributed by atoms with E-state index in [0.29, 0.717) is 25.9 Å². The van der Waals surface area contributed by atoms with E-state index in [1.165, 1.54) is 4.31 Å². The molecule has 1 N–H and O–H groups in total. The monoisotopic (exact) mass is 251 g/mol. The molecule has 0 fully saturated rings. The molecule has 0 saturated carbocycles. The van der Waals surface area contributed by atoms with Crippen molar-refractivity contribution in [3.8, 4) is 0 Å². The van der Waals surface area contributed by atoms with E-state index in [9.17, 15) is 8.42 Å². The molecule has 0 spiro atoms. The average molecular weight is 251 g/mol. The maximum Gasteiger partial charge on any atom is 0.214 e. The van der Waals surface area contributed by atoms with Gasteiger partial charge >= 0.3 is 0 Å². The molecule has 4 nitrogen and oxygen atoms in total. The Morgan fingerprint density at radius 3 is 2.19 bits per heavy atom. The molecule has 0 aliphatic rings. The summed E-state index contributed by atoms with van der Waals surface area (Å²) in [5, 5.41) is 8.71. The van der Waals surface area contributed by atoms with Crippen molar-refractivity contribution in [2.45, 2.75) is 40.5 Å². The first kappa shape index (κ1) is 15.9. The molecule has 0 aliphatic heterocycles. The third-order valence-corrected chi connectivity index (χ3v) is 4.37. The standard InChI is InChI=1S/C11H25NO3S/c1-5-12(8-6-9-13)16(14,15)10-7-11(2,3)4/h13H,5-10H2,1-4H3. The number of aliphatic hydroxyl groups is 1. The van der Waals surface area contributed by atoms with E-state index in [0.717, 1.165) is 0 Å². The van der Waals surface area contributed by atoms with Crippen LogP contribution in [0.5, 0.6) is 0 Å². The molecule has 0 aromatic carbocycles. The summed E-state index contributed by atoms with van der Waals surface area (Å²) in [6.45, 7) is 8.86. The molecule has 0 saturated heterocycles. The average Bonchev–Trinajstić information content (AvgIpc) is 2.15. The van der Waals surface area contributed by atoms with Gasteiger partial charge in [0.25, 0.3) is 0 Å². The summed E-state index contributed by atoms with van der Waals surface area (Å²) in [6, 6.07) is 0. The van der Waals surface area contributed by atoms with Crippen molar-refractivity contribution in [3.05, 3.63) is 0 Å². The molecule has 0 aliphatic carbocycles. The van der Waals surface area contributed by atoms with E-state index in [4.69, 9.17) is 5.11 Å². The predicted octanol–water partition coefficient (Wildman–Crippen LogP) is 1.46. The molecule has 0 rings (SSSR count). The lowest BCUT2D eigenvalue weighted by atomic mass is 9.94. The Bertz CT molecular complexity index is 280. The molecule has 0 aromatic rings. The Labute approximate surface area is 99.7 Å². The van der Waals surface area contributed by atoms with Crippen LogP contribution < -0.4 is 0 Å². The van der Waals surface area contributed by atoms with Crippen molar-refractivity contribution in [3.63, 3.8) is 0 Å². The molecule has 5 heteroatoms. The van der Waals surface area contributed by atoms with Gasteiger partial charge in [0.2, 0.25) is 10.0 Å². The lowest BCUT2D eigenvalue weighted by molar-refractivity contribution is 0.270. The molecule has 0 amide bonds. The van der Waals surface area contributed by atoms with Crippen molar-refractivity contribution >= 4 is 10.0 Å². The summed E-state index contributed by atoms with van der Waals surface area (Å²) in [4.78, 5) is 0. The van der Waals surface area contributed by atoms with Crippen LogP contribution in [0.15, 0.2) is 0 Å². The summed E-state index contributed by atoms with van der Waals surface area (Å²) in [5.74, 6) is 0.190. The summed E-state index contributed by atoms with van der Waals surface area (Å²) in [7, 11) is -3.16. The first-order chi connectivity index (χ1) is 7.23. The van der Waals surface area contributed by atoms with Crippen LogP contribution in [0.4, 0.5) is 0 Å². The van der Waals surface area contributed by atoms with Crippen LogP contribution in [0.3, 0.4) is 0 Å². The second kappa shape index (κ2) is 6.57. The van der Waals surface area contributed by atoms with Gasteiger partial charge in [0.05, 0.1) is 5.75 Å². The Morgan fingerprint density at radius 2 is 1.81 bits per heavy atom. The third kappa shape index (κ3) is 6.45. The van der Waals surface area contributed by atoms with Gasteiger partial charge in [0.15, 0.2) is 0 Å². The lowest BCUT2D eigenvalue weighted by Gasteiger charge is -2.23. The van der Waals surface area contributed by atoms with Gasteiger partial charge in [-0.15, -0.1) is 0 Å². The largest absolute Gasteiger partial charge is 0.396 e. The Kier molecular flexibility index (Phi) is 6.51. The van der Waals surface area contributed by atoms with Crippen LogP contribution in [0, 0.1) is 5.41 Å². The number of sulfonamides is 1. The second-order valence-corrected chi connectivity index (χ2v) is 7.28. The molecule has 0 bridgehead atoms. The van der Waals surface area contributed by atoms with Gasteiger partial charge in [0, 0.05) is 19.7 Å². The number of hydrogen-bond donors (Lipinski definition) is 1. The van der Waals surface area contributed by atoms with Crippen LogP contribution in [0.2, 0.25) is 0 Å². The van der Waals surface area contributed by atoms with E-state index in [1.807, 2.05) is 27.7 Å². The first-order valence-electron chi connectivity index (χ1n) is 5.81. The minimum Gasteiger partial charge on any atom is -0.396 e. The van der Waals surface area contributed by atoms with Crippen LogP contribution in [-0.4, -0.2) is 43.3 Å². The fourth-order valence-corrected chi connectivity index (χ4v) is 3.23. The normalized spacial score (nSPS) is 13.4. The highest BCUT2D eigenvalue weighted by Crippen LogP contribution is 2.20. The van der Waals surface area contributed by atoms with Crippen LogP contribution in [0.25, 0.3) is 0 Å². The zero-order valence-electron chi connectivity index (χ0n) is 10.9. The predicted molar refractivity (Wildman–Crippen MR) is 66.8 cm³/mol. The van der Waals surface area contributed by atoms with E-state index < -0.39 is 10.0 Å². The maximum atomic E-state index is 12.0. The van der Waals surface area contributed by atoms with Crippen molar-refractivity contribution in [2.24, 2.45) is 5.41 Å². The smallest absolute Gasteiger partial charge is 0.214 e. The zero-order chi connectivity index (χ0) is 12.8. The topological polar surface area (TPSA) is 57.6 Å². The molecule has 16 heavy (non-hydrogen) atoms. The van der Waals surface area contributed by atoms with Crippen molar-refractivity contribution in [2.75, 3.05) is 25.4 Å². The summed E-state index contributed by atoms with van der Waals surface area (Å²) in [6.07, 6.45) is 1.16. The lowest BCUT2D eigenvalue weighted by Crippen LogP contribution is -2.35. The molecular formula is C11H25NO3S. The van der Waals surface area contributed by atoms with E-state index in [1.54, 1.807) is 0 Å². The first-order valence-corrected chi connectivity index (χ1v) is 7.42. The quantitative estimate of drug-likeness (QED) is 0.745. The Balaban J connectivity index is 4.38. The zero-order valence-corrected chi connectivity index (χ0v) is 11.7.